The maximum atomic E-state index is 5.88. The molecule has 0 aromatic heterocycles. The largest absolute Gasteiger partial charge is 0.305 e. The van der Waals surface area contributed by atoms with Crippen molar-refractivity contribution in [3.8, 4) is 0 Å². The molecule has 0 heterocycles. The highest BCUT2D eigenvalue weighted by atomic mass is 35.5. The van der Waals surface area contributed by atoms with Crippen LogP contribution in [0.3, 0.4) is 0 Å². The van der Waals surface area contributed by atoms with Crippen molar-refractivity contribution >= 4 is 17.7 Å². The van der Waals surface area contributed by atoms with Crippen LogP contribution < -0.4 is 0 Å². The van der Waals surface area contributed by atoms with E-state index in [-0.39, 0.29) is 0 Å². The van der Waals surface area contributed by atoms with Gasteiger partial charge in [0.25, 0.3) is 0 Å². The number of likely N-dealkylation sites (N-methyl/N-ethyl adjacent to an activating group) is 1. The van der Waals surface area contributed by atoms with Gasteiger partial charge in [-0.25, -0.2) is 0 Å². The Kier molecular flexibility index (Phi) is 8.32. The fourth-order valence-electron chi connectivity index (χ4n) is 2.09. The Hall–Kier alpha value is -1.05. The van der Waals surface area contributed by atoms with E-state index in [4.69, 9.17) is 11.6 Å². The number of nitrogens with zero attached hydrogens (tertiary/aromatic N) is 1. The van der Waals surface area contributed by atoms with Crippen LogP contribution in [0, 0.1) is 0 Å². The summed E-state index contributed by atoms with van der Waals surface area (Å²) in [6, 6.07) is 7.92. The van der Waals surface area contributed by atoms with Crippen molar-refractivity contribution in [3.05, 3.63) is 52.6 Å². The zero-order valence-electron chi connectivity index (χ0n) is 12.9. The van der Waals surface area contributed by atoms with E-state index in [9.17, 15) is 0 Å². The summed E-state index contributed by atoms with van der Waals surface area (Å²) in [5.41, 5.74) is 2.68. The minimum absolute atomic E-state index is 0.783. The quantitative estimate of drug-likeness (QED) is 0.456. The first kappa shape index (κ1) is 17.0. The maximum absolute atomic E-state index is 5.88. The van der Waals surface area contributed by atoms with E-state index in [1.807, 2.05) is 24.3 Å². The van der Waals surface area contributed by atoms with Gasteiger partial charge in [0.05, 0.1) is 0 Å². The lowest BCUT2D eigenvalue weighted by molar-refractivity contribution is 0.437. The smallest absolute Gasteiger partial charge is 0.0406 e. The number of rotatable bonds is 8. The van der Waals surface area contributed by atoms with Gasteiger partial charge in [0, 0.05) is 11.6 Å². The van der Waals surface area contributed by atoms with E-state index >= 15 is 0 Å². The number of unbranched alkanes of at least 4 members (excludes halogenated alkanes) is 2. The van der Waals surface area contributed by atoms with Gasteiger partial charge in [0.2, 0.25) is 0 Å². The highest BCUT2D eigenvalue weighted by molar-refractivity contribution is 6.30. The molecule has 0 spiro atoms. The average Bonchev–Trinajstić information content (AvgIpc) is 2.40. The van der Waals surface area contributed by atoms with E-state index in [1.54, 1.807) is 0 Å². The normalized spacial score (nSPS) is 12.6. The second kappa shape index (κ2) is 9.79. The molecule has 0 saturated heterocycles. The van der Waals surface area contributed by atoms with Crippen LogP contribution in [0.25, 0.3) is 6.08 Å². The SMILES string of the molecule is CCCCC/C(=C\C=C/c1ccc(Cl)cc1)CN(C)C. The minimum atomic E-state index is 0.783. The van der Waals surface area contributed by atoms with Gasteiger partial charge < -0.3 is 4.90 Å². The third-order valence-electron chi connectivity index (χ3n) is 3.11. The number of hydrogen-bond acceptors (Lipinski definition) is 1. The molecule has 1 nitrogen and oxygen atoms in total. The van der Waals surface area contributed by atoms with Crippen molar-refractivity contribution in [3.63, 3.8) is 0 Å². The maximum Gasteiger partial charge on any atom is 0.0406 e. The first-order chi connectivity index (χ1) is 9.61. The highest BCUT2D eigenvalue weighted by Gasteiger charge is 1.98. The second-order valence-electron chi connectivity index (χ2n) is 5.43. The van der Waals surface area contributed by atoms with Gasteiger partial charge in [0.15, 0.2) is 0 Å². The first-order valence-corrected chi connectivity index (χ1v) is 7.76. The molecule has 0 atom stereocenters. The predicted octanol–water partition coefficient (Wildman–Crippen LogP) is 5.42. The molecule has 0 unspecified atom stereocenters. The van der Waals surface area contributed by atoms with E-state index in [2.05, 4.69) is 44.1 Å². The van der Waals surface area contributed by atoms with Gasteiger partial charge in [-0.05, 0) is 44.6 Å². The number of allylic oxidation sites excluding steroid dienone is 2. The summed E-state index contributed by atoms with van der Waals surface area (Å²) in [5.74, 6) is 0. The first-order valence-electron chi connectivity index (χ1n) is 7.38. The lowest BCUT2D eigenvalue weighted by Gasteiger charge is -2.12. The summed E-state index contributed by atoms with van der Waals surface area (Å²) in [7, 11) is 4.24. The topological polar surface area (TPSA) is 3.24 Å². The summed E-state index contributed by atoms with van der Waals surface area (Å²) in [6.07, 6.45) is 11.6. The van der Waals surface area contributed by atoms with Crippen molar-refractivity contribution < 1.29 is 0 Å². The molecule has 0 fully saturated rings. The molecule has 0 radical (unpaired) electrons. The highest BCUT2D eigenvalue weighted by Crippen LogP contribution is 2.13. The van der Waals surface area contributed by atoms with E-state index in [0.717, 1.165) is 11.6 Å². The third kappa shape index (κ3) is 7.52. The Morgan fingerprint density at radius 1 is 1.15 bits per heavy atom. The van der Waals surface area contributed by atoms with Crippen LogP contribution in [0.4, 0.5) is 0 Å². The predicted molar refractivity (Wildman–Crippen MR) is 91.3 cm³/mol. The Bertz CT molecular complexity index is 429. The molecule has 1 aromatic rings. The molecule has 110 valence electrons. The van der Waals surface area contributed by atoms with Crippen LogP contribution in [0.5, 0.6) is 0 Å². The van der Waals surface area contributed by atoms with Crippen molar-refractivity contribution in [2.24, 2.45) is 0 Å². The molecular formula is C18H26ClN. The average molecular weight is 292 g/mol. The monoisotopic (exact) mass is 291 g/mol. The second-order valence-corrected chi connectivity index (χ2v) is 5.87. The van der Waals surface area contributed by atoms with Crippen LogP contribution in [0.1, 0.15) is 38.2 Å². The summed E-state index contributed by atoms with van der Waals surface area (Å²) >= 11 is 5.88. The molecule has 0 bridgehead atoms. The van der Waals surface area contributed by atoms with Gasteiger partial charge >= 0.3 is 0 Å². The summed E-state index contributed by atoms with van der Waals surface area (Å²) in [4.78, 5) is 2.23. The molecule has 0 amide bonds. The zero-order chi connectivity index (χ0) is 14.8. The van der Waals surface area contributed by atoms with Crippen LogP contribution in [0.15, 0.2) is 42.0 Å². The summed E-state index contributed by atoms with van der Waals surface area (Å²) in [6.45, 7) is 3.28. The molecule has 0 aliphatic heterocycles. The van der Waals surface area contributed by atoms with Crippen LogP contribution in [-0.2, 0) is 0 Å². The lowest BCUT2D eigenvalue weighted by Crippen LogP contribution is -2.15. The minimum Gasteiger partial charge on any atom is -0.305 e. The number of halogens is 1. The van der Waals surface area contributed by atoms with Gasteiger partial charge in [-0.3, -0.25) is 0 Å². The van der Waals surface area contributed by atoms with Gasteiger partial charge in [-0.2, -0.15) is 0 Å². The fourth-order valence-corrected chi connectivity index (χ4v) is 2.22. The van der Waals surface area contributed by atoms with Crippen molar-refractivity contribution in [2.45, 2.75) is 32.6 Å². The van der Waals surface area contributed by atoms with E-state index < -0.39 is 0 Å². The third-order valence-corrected chi connectivity index (χ3v) is 3.36. The van der Waals surface area contributed by atoms with Crippen molar-refractivity contribution in [1.82, 2.24) is 4.90 Å². The molecule has 20 heavy (non-hydrogen) atoms. The fraction of sp³-hybridized carbons (Fsp3) is 0.444. The van der Waals surface area contributed by atoms with Gasteiger partial charge in [0.1, 0.15) is 0 Å². The van der Waals surface area contributed by atoms with Crippen molar-refractivity contribution in [2.75, 3.05) is 20.6 Å². The van der Waals surface area contributed by atoms with Gasteiger partial charge in [-0.1, -0.05) is 67.3 Å². The van der Waals surface area contributed by atoms with Crippen molar-refractivity contribution in [1.29, 1.82) is 0 Å². The molecule has 1 rings (SSSR count). The van der Waals surface area contributed by atoms with Crippen LogP contribution >= 0.6 is 11.6 Å². The van der Waals surface area contributed by atoms with E-state index in [0.29, 0.717) is 0 Å². The molecule has 0 N–H and O–H groups in total. The molecule has 0 aliphatic rings. The van der Waals surface area contributed by atoms with E-state index in [1.165, 1.54) is 36.8 Å². The summed E-state index contributed by atoms with van der Waals surface area (Å²) in [5, 5.41) is 0.783. The lowest BCUT2D eigenvalue weighted by atomic mass is 10.1. The van der Waals surface area contributed by atoms with Gasteiger partial charge in [-0.15, -0.1) is 0 Å². The molecule has 0 aliphatic carbocycles. The number of hydrogen-bond donors (Lipinski definition) is 0. The summed E-state index contributed by atoms with van der Waals surface area (Å²) < 4.78 is 0. The van der Waals surface area contributed by atoms with Crippen LogP contribution in [0.2, 0.25) is 5.02 Å². The Morgan fingerprint density at radius 3 is 2.45 bits per heavy atom. The molecule has 2 heteroatoms. The van der Waals surface area contributed by atoms with Crippen LogP contribution in [-0.4, -0.2) is 25.5 Å². The Morgan fingerprint density at radius 2 is 1.85 bits per heavy atom. The zero-order valence-corrected chi connectivity index (χ0v) is 13.7. The molecular weight excluding hydrogens is 266 g/mol. The molecule has 1 aromatic carbocycles. The molecule has 0 saturated carbocycles. The Labute approximate surface area is 128 Å². The Balaban J connectivity index is 2.61. The standard InChI is InChI=1S/C18H26ClN/c1-4-5-6-8-17(15-20(2)3)10-7-9-16-11-13-18(19)14-12-16/h7,9-14H,4-6,8,15H2,1-3H3/b9-7-,17-10+. The number of benzene rings is 1.